The number of carbonyl (C=O) groups excluding carboxylic acids is 2. The number of dihydropyridines is 1. The van der Waals surface area contributed by atoms with Gasteiger partial charge in [0.2, 0.25) is 5.78 Å². The first-order valence-electron chi connectivity index (χ1n) is 9.15. The highest BCUT2D eigenvalue weighted by atomic mass is 16.1. The Morgan fingerprint density at radius 1 is 1.12 bits per heavy atom. The number of unbranched alkanes of at least 4 members (excludes halogenated alkanes) is 1. The summed E-state index contributed by atoms with van der Waals surface area (Å²) in [6, 6.07) is 1.46. The summed E-state index contributed by atoms with van der Waals surface area (Å²) in [5, 5.41) is 2.97. The van der Waals surface area contributed by atoms with Crippen molar-refractivity contribution in [1.29, 1.82) is 0 Å². The normalized spacial score (nSPS) is 16.3. The van der Waals surface area contributed by atoms with E-state index in [0.29, 0.717) is 35.4 Å². The first-order chi connectivity index (χ1) is 12.4. The minimum atomic E-state index is -0.297. The van der Waals surface area contributed by atoms with E-state index in [9.17, 15) is 14.4 Å². The van der Waals surface area contributed by atoms with Gasteiger partial charge in [-0.1, -0.05) is 33.3 Å². The van der Waals surface area contributed by atoms with Gasteiger partial charge in [-0.2, -0.15) is 0 Å². The van der Waals surface area contributed by atoms with Crippen LogP contribution in [0.3, 0.4) is 0 Å². The number of pyridine rings is 1. The lowest BCUT2D eigenvalue weighted by Gasteiger charge is -2.29. The second-order valence-corrected chi connectivity index (χ2v) is 6.87. The number of aromatic nitrogens is 1. The number of hydrogen-bond acceptors (Lipinski definition) is 4. The monoisotopic (exact) mass is 352 g/mol. The van der Waals surface area contributed by atoms with E-state index in [1.165, 1.54) is 10.6 Å². The Bertz CT molecular complexity index is 945. The second-order valence-electron chi connectivity index (χ2n) is 6.87. The van der Waals surface area contributed by atoms with Gasteiger partial charge in [-0.25, -0.2) is 0 Å². The van der Waals surface area contributed by atoms with Gasteiger partial charge in [-0.15, -0.1) is 0 Å². The predicted molar refractivity (Wildman–Crippen MR) is 101 cm³/mol. The SMILES string of the molecule is C=C1C=C(CCC)C2=C(N1)C(=O)c1c(c(C)cc(=O)n1CCCC)C2=O. The molecule has 3 rings (SSSR count). The minimum absolute atomic E-state index is 0.183. The van der Waals surface area contributed by atoms with Gasteiger partial charge in [0.1, 0.15) is 11.4 Å². The molecule has 0 saturated carbocycles. The lowest BCUT2D eigenvalue weighted by Crippen LogP contribution is -2.39. The largest absolute Gasteiger partial charge is 0.352 e. The Morgan fingerprint density at radius 3 is 2.50 bits per heavy atom. The summed E-state index contributed by atoms with van der Waals surface area (Å²) < 4.78 is 1.46. The molecule has 5 nitrogen and oxygen atoms in total. The zero-order valence-corrected chi connectivity index (χ0v) is 15.6. The van der Waals surface area contributed by atoms with Gasteiger partial charge < -0.3 is 9.88 Å². The topological polar surface area (TPSA) is 68.2 Å². The molecule has 2 heterocycles. The van der Waals surface area contributed by atoms with Gasteiger partial charge >= 0.3 is 0 Å². The van der Waals surface area contributed by atoms with E-state index in [1.54, 1.807) is 6.92 Å². The van der Waals surface area contributed by atoms with Crippen LogP contribution < -0.4 is 10.9 Å². The molecule has 1 aliphatic carbocycles. The van der Waals surface area contributed by atoms with Crippen molar-refractivity contribution in [1.82, 2.24) is 9.88 Å². The summed E-state index contributed by atoms with van der Waals surface area (Å²) in [5.41, 5.74) is 3.01. The number of hydrogen-bond donors (Lipinski definition) is 1. The van der Waals surface area contributed by atoms with Crippen LogP contribution >= 0.6 is 0 Å². The maximum absolute atomic E-state index is 13.3. The van der Waals surface area contributed by atoms with Crippen molar-refractivity contribution in [2.75, 3.05) is 0 Å². The van der Waals surface area contributed by atoms with Crippen LogP contribution in [-0.2, 0) is 6.54 Å². The van der Waals surface area contributed by atoms with Crippen molar-refractivity contribution in [2.45, 2.75) is 53.0 Å². The van der Waals surface area contributed by atoms with Gasteiger partial charge in [0.05, 0.1) is 11.1 Å². The zero-order chi connectivity index (χ0) is 19.0. The Morgan fingerprint density at radius 2 is 1.85 bits per heavy atom. The molecule has 0 bridgehead atoms. The van der Waals surface area contributed by atoms with Crippen LogP contribution in [0.15, 0.2) is 46.1 Å². The number of allylic oxidation sites excluding steroid dienone is 4. The molecule has 2 aliphatic rings. The highest BCUT2D eigenvalue weighted by molar-refractivity contribution is 6.28. The van der Waals surface area contributed by atoms with Crippen molar-refractivity contribution in [2.24, 2.45) is 0 Å². The Kier molecular flexibility index (Phi) is 4.81. The molecule has 0 spiro atoms. The first kappa shape index (κ1) is 18.1. The standard InChI is InChI=1S/C21H24N2O3/c1-5-7-9-23-15(24)10-12(3)16-19(23)21(26)18-17(20(16)25)14(8-6-2)11-13(4)22-18/h10-11,22H,4-9H2,1-3H3. The Hall–Kier alpha value is -2.69. The number of Topliss-reactive ketones (excluding diaryl/α,β-unsaturated/α-hetero) is 2. The van der Waals surface area contributed by atoms with Crippen molar-refractivity contribution in [3.63, 3.8) is 0 Å². The maximum Gasteiger partial charge on any atom is 0.251 e. The van der Waals surface area contributed by atoms with Crippen LogP contribution in [0, 0.1) is 6.92 Å². The van der Waals surface area contributed by atoms with Crippen molar-refractivity contribution in [3.05, 3.63) is 68.4 Å². The summed E-state index contributed by atoms with van der Waals surface area (Å²) >= 11 is 0. The fourth-order valence-corrected chi connectivity index (χ4v) is 3.67. The maximum atomic E-state index is 13.3. The molecular formula is C21H24N2O3. The van der Waals surface area contributed by atoms with Crippen molar-refractivity contribution >= 4 is 11.6 Å². The lowest BCUT2D eigenvalue weighted by atomic mass is 9.81. The molecule has 0 radical (unpaired) electrons. The molecule has 0 fully saturated rings. The molecule has 0 unspecified atom stereocenters. The average molecular weight is 352 g/mol. The summed E-state index contributed by atoms with van der Waals surface area (Å²) in [4.78, 5) is 39.1. The average Bonchev–Trinajstić information content (AvgIpc) is 2.58. The smallest absolute Gasteiger partial charge is 0.251 e. The molecular weight excluding hydrogens is 328 g/mol. The van der Waals surface area contributed by atoms with Gasteiger partial charge in [0.15, 0.2) is 5.78 Å². The van der Waals surface area contributed by atoms with E-state index in [4.69, 9.17) is 0 Å². The number of aryl methyl sites for hydroxylation is 1. The van der Waals surface area contributed by atoms with Crippen LogP contribution in [-0.4, -0.2) is 16.1 Å². The highest BCUT2D eigenvalue weighted by Gasteiger charge is 2.38. The molecule has 0 atom stereocenters. The van der Waals surface area contributed by atoms with Crippen LogP contribution in [0.1, 0.15) is 65.9 Å². The molecule has 26 heavy (non-hydrogen) atoms. The number of nitrogens with one attached hydrogen (secondary N) is 1. The van der Waals surface area contributed by atoms with Gasteiger partial charge in [-0.3, -0.25) is 14.4 Å². The minimum Gasteiger partial charge on any atom is -0.352 e. The van der Waals surface area contributed by atoms with Crippen LogP contribution in [0.5, 0.6) is 0 Å². The number of rotatable bonds is 5. The Balaban J connectivity index is 2.26. The number of carbonyl (C=O) groups is 2. The fraction of sp³-hybridized carbons (Fsp3) is 0.381. The molecule has 0 amide bonds. The summed E-state index contributed by atoms with van der Waals surface area (Å²) in [6.45, 7) is 10.1. The second kappa shape index (κ2) is 6.90. The number of nitrogens with zero attached hydrogens (tertiary/aromatic N) is 1. The molecule has 1 N–H and O–H groups in total. The third kappa shape index (κ3) is 2.77. The summed E-state index contributed by atoms with van der Waals surface area (Å²) in [5.74, 6) is -0.480. The van der Waals surface area contributed by atoms with E-state index in [2.05, 4.69) is 11.9 Å². The molecule has 1 aromatic heterocycles. The molecule has 1 aliphatic heterocycles. The van der Waals surface area contributed by atoms with E-state index >= 15 is 0 Å². The number of ketones is 2. The van der Waals surface area contributed by atoms with Crippen molar-refractivity contribution < 1.29 is 9.59 Å². The zero-order valence-electron chi connectivity index (χ0n) is 15.6. The third-order valence-corrected chi connectivity index (χ3v) is 4.86. The first-order valence-corrected chi connectivity index (χ1v) is 9.15. The molecule has 136 valence electrons. The van der Waals surface area contributed by atoms with E-state index in [-0.39, 0.29) is 28.5 Å². The summed E-state index contributed by atoms with van der Waals surface area (Å²) in [6.07, 6.45) is 5.05. The molecule has 5 heteroatoms. The molecule has 1 aromatic rings. The fourth-order valence-electron chi connectivity index (χ4n) is 3.67. The van der Waals surface area contributed by atoms with Crippen molar-refractivity contribution in [3.8, 4) is 0 Å². The predicted octanol–water partition coefficient (Wildman–Crippen LogP) is 3.43. The number of fused-ring (bicyclic) bond motifs is 1. The summed E-state index contributed by atoms with van der Waals surface area (Å²) in [7, 11) is 0. The Labute approximate surface area is 153 Å². The van der Waals surface area contributed by atoms with E-state index < -0.39 is 0 Å². The molecule has 0 saturated heterocycles. The van der Waals surface area contributed by atoms with E-state index in [1.807, 2.05) is 19.9 Å². The quantitative estimate of drug-likeness (QED) is 0.881. The van der Waals surface area contributed by atoms with Gasteiger partial charge in [0.25, 0.3) is 5.56 Å². The van der Waals surface area contributed by atoms with Crippen LogP contribution in [0.25, 0.3) is 0 Å². The van der Waals surface area contributed by atoms with Crippen LogP contribution in [0.2, 0.25) is 0 Å². The van der Waals surface area contributed by atoms with Crippen LogP contribution in [0.4, 0.5) is 0 Å². The van der Waals surface area contributed by atoms with E-state index in [0.717, 1.165) is 24.8 Å². The van der Waals surface area contributed by atoms with Gasteiger partial charge in [0, 0.05) is 18.3 Å². The highest BCUT2D eigenvalue weighted by Crippen LogP contribution is 2.35. The lowest BCUT2D eigenvalue weighted by molar-refractivity contribution is 0.0961. The van der Waals surface area contributed by atoms with Gasteiger partial charge in [-0.05, 0) is 37.0 Å². The third-order valence-electron chi connectivity index (χ3n) is 4.86. The molecule has 0 aromatic carbocycles.